The quantitative estimate of drug-likeness (QED) is 0.693. The van der Waals surface area contributed by atoms with E-state index in [9.17, 15) is 4.79 Å². The summed E-state index contributed by atoms with van der Waals surface area (Å²) in [6.07, 6.45) is 3.01. The average Bonchev–Trinajstić information content (AvgIpc) is 3.01. The molecule has 0 aromatic rings. The lowest BCUT2D eigenvalue weighted by molar-refractivity contribution is -0.141. The fourth-order valence-electron chi connectivity index (χ4n) is 1.94. The minimum absolute atomic E-state index is 0.224. The van der Waals surface area contributed by atoms with Gasteiger partial charge in [0.2, 0.25) is 5.91 Å². The molecule has 0 radical (unpaired) electrons. The van der Waals surface area contributed by atoms with Crippen molar-refractivity contribution in [1.82, 2.24) is 4.90 Å². The molecule has 80 valence electrons. The van der Waals surface area contributed by atoms with Gasteiger partial charge < -0.3 is 15.4 Å². The van der Waals surface area contributed by atoms with Gasteiger partial charge in [-0.15, -0.1) is 0 Å². The van der Waals surface area contributed by atoms with Crippen LogP contribution in [0.3, 0.4) is 0 Å². The van der Waals surface area contributed by atoms with Crippen LogP contribution >= 0.6 is 0 Å². The third-order valence-electron chi connectivity index (χ3n) is 2.94. The third kappa shape index (κ3) is 2.07. The van der Waals surface area contributed by atoms with Crippen LogP contribution in [0.5, 0.6) is 0 Å². The Hall–Kier alpha value is -0.610. The van der Waals surface area contributed by atoms with Gasteiger partial charge in [0.15, 0.2) is 0 Å². The Morgan fingerprint density at radius 1 is 1.50 bits per heavy atom. The zero-order valence-corrected chi connectivity index (χ0v) is 8.45. The highest BCUT2D eigenvalue weighted by Crippen LogP contribution is 2.32. The standard InChI is InChI=1S/C10H18N2O2/c11-4-3-9-7-14-6-5-12(9)10(13)8-1-2-8/h8-9H,1-7,11H2. The Morgan fingerprint density at radius 3 is 2.93 bits per heavy atom. The first kappa shape index (κ1) is 9.93. The van der Waals surface area contributed by atoms with Crippen LogP contribution in [0.1, 0.15) is 19.3 Å². The number of carbonyl (C=O) groups is 1. The van der Waals surface area contributed by atoms with Gasteiger partial charge in [-0.3, -0.25) is 4.79 Å². The highest BCUT2D eigenvalue weighted by molar-refractivity contribution is 5.81. The Labute approximate surface area is 84.4 Å². The summed E-state index contributed by atoms with van der Waals surface area (Å²) in [5.41, 5.74) is 5.52. The van der Waals surface area contributed by atoms with E-state index < -0.39 is 0 Å². The molecule has 2 rings (SSSR count). The molecule has 1 aliphatic carbocycles. The van der Waals surface area contributed by atoms with Gasteiger partial charge in [-0.25, -0.2) is 0 Å². The lowest BCUT2D eigenvalue weighted by Crippen LogP contribution is -2.50. The molecule has 0 aromatic heterocycles. The first-order valence-corrected chi connectivity index (χ1v) is 5.41. The summed E-state index contributed by atoms with van der Waals surface area (Å²) in [7, 11) is 0. The van der Waals surface area contributed by atoms with Gasteiger partial charge in [-0.05, 0) is 25.8 Å². The molecule has 1 heterocycles. The van der Waals surface area contributed by atoms with Crippen molar-refractivity contribution in [2.75, 3.05) is 26.3 Å². The largest absolute Gasteiger partial charge is 0.377 e. The van der Waals surface area contributed by atoms with E-state index in [4.69, 9.17) is 10.5 Å². The van der Waals surface area contributed by atoms with E-state index >= 15 is 0 Å². The molecule has 1 aliphatic heterocycles. The molecule has 2 aliphatic rings. The molecule has 0 spiro atoms. The predicted octanol–water partition coefficient (Wildman–Crippen LogP) is -0.0274. The predicted molar refractivity (Wildman–Crippen MR) is 52.7 cm³/mol. The first-order chi connectivity index (χ1) is 6.83. The molecule has 1 amide bonds. The van der Waals surface area contributed by atoms with E-state index in [1.54, 1.807) is 0 Å². The fraction of sp³-hybridized carbons (Fsp3) is 0.900. The number of ether oxygens (including phenoxy) is 1. The first-order valence-electron chi connectivity index (χ1n) is 5.41. The smallest absolute Gasteiger partial charge is 0.226 e. The topological polar surface area (TPSA) is 55.6 Å². The number of amides is 1. The van der Waals surface area contributed by atoms with Crippen molar-refractivity contribution in [3.8, 4) is 0 Å². The summed E-state index contributed by atoms with van der Waals surface area (Å²) in [5.74, 6) is 0.639. The van der Waals surface area contributed by atoms with Crippen LogP contribution in [-0.4, -0.2) is 43.2 Å². The molecule has 0 aromatic carbocycles. The summed E-state index contributed by atoms with van der Waals surface area (Å²) in [6.45, 7) is 2.72. The molecular weight excluding hydrogens is 180 g/mol. The summed E-state index contributed by atoms with van der Waals surface area (Å²) >= 11 is 0. The van der Waals surface area contributed by atoms with Gasteiger partial charge in [0.05, 0.1) is 19.3 Å². The van der Waals surface area contributed by atoms with Crippen molar-refractivity contribution in [3.05, 3.63) is 0 Å². The summed E-state index contributed by atoms with van der Waals surface area (Å²) in [4.78, 5) is 13.9. The molecule has 4 heteroatoms. The maximum atomic E-state index is 11.9. The van der Waals surface area contributed by atoms with Gasteiger partial charge in [-0.1, -0.05) is 0 Å². The molecule has 0 bridgehead atoms. The summed E-state index contributed by atoms with van der Waals surface area (Å²) < 4.78 is 5.37. The minimum Gasteiger partial charge on any atom is -0.377 e. The summed E-state index contributed by atoms with van der Waals surface area (Å²) in [5, 5.41) is 0. The van der Waals surface area contributed by atoms with E-state index in [2.05, 4.69) is 0 Å². The van der Waals surface area contributed by atoms with Gasteiger partial charge in [0.25, 0.3) is 0 Å². The van der Waals surface area contributed by atoms with Crippen LogP contribution in [0.2, 0.25) is 0 Å². The van der Waals surface area contributed by atoms with E-state index in [0.29, 0.717) is 31.6 Å². The van der Waals surface area contributed by atoms with E-state index in [1.807, 2.05) is 4.90 Å². The van der Waals surface area contributed by atoms with Crippen molar-refractivity contribution in [1.29, 1.82) is 0 Å². The minimum atomic E-state index is 0.224. The SMILES string of the molecule is NCCC1COCCN1C(=O)C1CC1. The Bertz CT molecular complexity index is 214. The second kappa shape index (κ2) is 4.28. The molecule has 4 nitrogen and oxygen atoms in total. The Balaban J connectivity index is 1.94. The molecular formula is C10H18N2O2. The van der Waals surface area contributed by atoms with Crippen molar-refractivity contribution in [2.45, 2.75) is 25.3 Å². The molecule has 1 atom stereocenters. The Morgan fingerprint density at radius 2 is 2.29 bits per heavy atom. The number of morpholine rings is 1. The van der Waals surface area contributed by atoms with Crippen LogP contribution in [0, 0.1) is 5.92 Å². The molecule has 2 fully saturated rings. The van der Waals surface area contributed by atoms with E-state index in [0.717, 1.165) is 25.8 Å². The number of nitrogens with zero attached hydrogens (tertiary/aromatic N) is 1. The highest BCUT2D eigenvalue weighted by Gasteiger charge is 2.37. The zero-order chi connectivity index (χ0) is 9.97. The van der Waals surface area contributed by atoms with Gasteiger partial charge >= 0.3 is 0 Å². The van der Waals surface area contributed by atoms with Gasteiger partial charge in [0.1, 0.15) is 0 Å². The van der Waals surface area contributed by atoms with Crippen LogP contribution in [-0.2, 0) is 9.53 Å². The van der Waals surface area contributed by atoms with Crippen LogP contribution in [0.4, 0.5) is 0 Å². The lowest BCUT2D eigenvalue weighted by Gasteiger charge is -2.35. The van der Waals surface area contributed by atoms with Crippen molar-refractivity contribution < 1.29 is 9.53 Å². The number of rotatable bonds is 3. The van der Waals surface area contributed by atoms with Crippen LogP contribution < -0.4 is 5.73 Å². The van der Waals surface area contributed by atoms with Gasteiger partial charge in [-0.2, -0.15) is 0 Å². The van der Waals surface area contributed by atoms with Crippen molar-refractivity contribution in [2.24, 2.45) is 11.7 Å². The average molecular weight is 198 g/mol. The maximum absolute atomic E-state index is 11.9. The Kier molecular flexibility index (Phi) is 3.03. The van der Waals surface area contributed by atoms with Crippen molar-refractivity contribution >= 4 is 5.91 Å². The normalized spacial score (nSPS) is 27.8. The van der Waals surface area contributed by atoms with E-state index in [-0.39, 0.29) is 6.04 Å². The summed E-state index contributed by atoms with van der Waals surface area (Å²) in [6, 6.07) is 0.224. The number of carbonyl (C=O) groups excluding carboxylic acids is 1. The van der Waals surface area contributed by atoms with Crippen LogP contribution in [0.25, 0.3) is 0 Å². The second-order valence-corrected chi connectivity index (χ2v) is 4.11. The monoisotopic (exact) mass is 198 g/mol. The zero-order valence-electron chi connectivity index (χ0n) is 8.45. The number of hydrogen-bond acceptors (Lipinski definition) is 3. The van der Waals surface area contributed by atoms with Gasteiger partial charge in [0, 0.05) is 12.5 Å². The third-order valence-corrected chi connectivity index (χ3v) is 2.94. The molecule has 1 saturated carbocycles. The van der Waals surface area contributed by atoms with E-state index in [1.165, 1.54) is 0 Å². The number of hydrogen-bond donors (Lipinski definition) is 1. The second-order valence-electron chi connectivity index (χ2n) is 4.11. The van der Waals surface area contributed by atoms with Crippen LogP contribution in [0.15, 0.2) is 0 Å². The molecule has 1 saturated heterocycles. The fourth-order valence-corrected chi connectivity index (χ4v) is 1.94. The lowest BCUT2D eigenvalue weighted by atomic mass is 10.1. The maximum Gasteiger partial charge on any atom is 0.226 e. The number of nitrogens with two attached hydrogens (primary N) is 1. The molecule has 1 unspecified atom stereocenters. The van der Waals surface area contributed by atoms with Crippen molar-refractivity contribution in [3.63, 3.8) is 0 Å². The highest BCUT2D eigenvalue weighted by atomic mass is 16.5. The molecule has 2 N–H and O–H groups in total. The molecule has 14 heavy (non-hydrogen) atoms.